The van der Waals surface area contributed by atoms with Gasteiger partial charge in [0.15, 0.2) is 17.6 Å². The smallest absolute Gasteiger partial charge is 0.192 e. The van der Waals surface area contributed by atoms with Gasteiger partial charge >= 0.3 is 0 Å². The molecule has 2 aromatic rings. The Labute approximate surface area is 168 Å². The molecule has 0 bridgehead atoms. The number of aliphatic imine (C=N–C) groups is 1. The number of aliphatic hydroxyl groups excluding tert-OH is 1. The van der Waals surface area contributed by atoms with E-state index in [2.05, 4.69) is 27.2 Å². The monoisotopic (exact) mass is 474 g/mol. The first-order chi connectivity index (χ1) is 12.1. The molecule has 0 radical (unpaired) electrons. The molecule has 0 saturated carbocycles. The molecule has 8 heteroatoms. The fraction of sp³-hybridized carbons (Fsp3) is 0.222. The number of aliphatic hydroxyl groups is 1. The normalized spacial score (nSPS) is 12.0. The van der Waals surface area contributed by atoms with Crippen molar-refractivity contribution in [3.8, 4) is 0 Å². The zero-order valence-electron chi connectivity index (χ0n) is 14.0. The van der Waals surface area contributed by atoms with Crippen LogP contribution in [0.2, 0.25) is 0 Å². The van der Waals surface area contributed by atoms with Crippen molar-refractivity contribution < 1.29 is 13.9 Å². The molecule has 0 fully saturated rings. The predicted molar refractivity (Wildman–Crippen MR) is 108 cm³/mol. The van der Waals surface area contributed by atoms with Crippen molar-refractivity contribution in [3.63, 3.8) is 0 Å². The number of guanidine groups is 1. The number of hydrogen-bond acceptors (Lipinski definition) is 3. The molecular formula is C18H21F2IN4O. The van der Waals surface area contributed by atoms with Gasteiger partial charge in [-0.2, -0.15) is 0 Å². The van der Waals surface area contributed by atoms with Gasteiger partial charge in [0.1, 0.15) is 0 Å². The van der Waals surface area contributed by atoms with Crippen LogP contribution in [0, 0.1) is 11.6 Å². The van der Waals surface area contributed by atoms with Gasteiger partial charge in [-0.25, -0.2) is 13.8 Å². The summed E-state index contributed by atoms with van der Waals surface area (Å²) in [7, 11) is 0. The molecule has 2 rings (SSSR count). The lowest BCUT2D eigenvalue weighted by molar-refractivity contribution is 0.180. The number of nitrogens with one attached hydrogen (secondary N) is 2. The van der Waals surface area contributed by atoms with Gasteiger partial charge in [-0.3, -0.25) is 4.98 Å². The molecule has 0 aliphatic carbocycles. The first kappa shape index (κ1) is 22.0. The Bertz CT molecular complexity index is 728. The van der Waals surface area contributed by atoms with E-state index in [0.717, 1.165) is 17.8 Å². The Morgan fingerprint density at radius 3 is 2.69 bits per heavy atom. The van der Waals surface area contributed by atoms with Crippen LogP contribution in [-0.2, 0) is 6.54 Å². The highest BCUT2D eigenvalue weighted by atomic mass is 127. The average Bonchev–Trinajstić information content (AvgIpc) is 2.64. The maximum atomic E-state index is 13.3. The van der Waals surface area contributed by atoms with Crippen LogP contribution in [0.25, 0.3) is 0 Å². The fourth-order valence-corrected chi connectivity index (χ4v) is 2.03. The second-order valence-corrected chi connectivity index (χ2v) is 5.23. The number of aromatic nitrogens is 1. The molecular weight excluding hydrogens is 453 g/mol. The third-order valence-corrected chi connectivity index (χ3v) is 3.33. The highest BCUT2D eigenvalue weighted by Crippen LogP contribution is 2.15. The molecule has 1 atom stereocenters. The Morgan fingerprint density at radius 1 is 1.23 bits per heavy atom. The molecule has 1 heterocycles. The summed E-state index contributed by atoms with van der Waals surface area (Å²) < 4.78 is 26.2. The van der Waals surface area contributed by atoms with Crippen LogP contribution in [0.3, 0.4) is 0 Å². The zero-order chi connectivity index (χ0) is 18.1. The quantitative estimate of drug-likeness (QED) is 0.250. The Morgan fingerprint density at radius 2 is 2.04 bits per heavy atom. The van der Waals surface area contributed by atoms with Crippen molar-refractivity contribution in [3.05, 3.63) is 78.1 Å². The fourth-order valence-electron chi connectivity index (χ4n) is 2.03. The lowest BCUT2D eigenvalue weighted by Crippen LogP contribution is -2.39. The van der Waals surface area contributed by atoms with Crippen LogP contribution in [0.15, 0.2) is 60.2 Å². The summed E-state index contributed by atoms with van der Waals surface area (Å²) in [6, 6.07) is 8.84. The van der Waals surface area contributed by atoms with E-state index in [1.54, 1.807) is 12.3 Å². The standard InChI is InChI=1S/C18H20F2N4O.HI/c1-2-8-22-18(23-11-14-5-3-4-9-21-14)24-12-17(25)13-6-7-15(19)16(20)10-13;/h2-7,9-10,17,25H,1,8,11-12H2,(H2,22,23,24);1H. The van der Waals surface area contributed by atoms with E-state index in [-0.39, 0.29) is 36.1 Å². The molecule has 0 amide bonds. The molecule has 26 heavy (non-hydrogen) atoms. The predicted octanol–water partition coefficient (Wildman–Crippen LogP) is 2.93. The summed E-state index contributed by atoms with van der Waals surface area (Å²) in [5.41, 5.74) is 1.07. The number of hydrogen-bond donors (Lipinski definition) is 3. The Kier molecular flexibility index (Phi) is 9.74. The molecule has 140 valence electrons. The third-order valence-electron chi connectivity index (χ3n) is 3.33. The molecule has 3 N–H and O–H groups in total. The maximum absolute atomic E-state index is 13.3. The van der Waals surface area contributed by atoms with Crippen LogP contribution >= 0.6 is 24.0 Å². The van der Waals surface area contributed by atoms with Gasteiger partial charge in [0, 0.05) is 19.3 Å². The van der Waals surface area contributed by atoms with E-state index in [4.69, 9.17) is 0 Å². The lowest BCUT2D eigenvalue weighted by Gasteiger charge is -2.15. The van der Waals surface area contributed by atoms with Crippen molar-refractivity contribution >= 4 is 29.9 Å². The highest BCUT2D eigenvalue weighted by Gasteiger charge is 2.11. The largest absolute Gasteiger partial charge is 0.387 e. The van der Waals surface area contributed by atoms with E-state index in [1.807, 2.05) is 18.2 Å². The SMILES string of the molecule is C=CCNC(=NCc1ccccn1)NCC(O)c1ccc(F)c(F)c1.I. The van der Waals surface area contributed by atoms with Crippen LogP contribution < -0.4 is 10.6 Å². The van der Waals surface area contributed by atoms with Crippen LogP contribution in [0.4, 0.5) is 8.78 Å². The van der Waals surface area contributed by atoms with Crippen molar-refractivity contribution in [2.24, 2.45) is 4.99 Å². The van der Waals surface area contributed by atoms with Crippen LogP contribution in [-0.4, -0.2) is 29.1 Å². The summed E-state index contributed by atoms with van der Waals surface area (Å²) in [4.78, 5) is 8.55. The average molecular weight is 474 g/mol. The summed E-state index contributed by atoms with van der Waals surface area (Å²) in [6.07, 6.45) is 2.34. The minimum atomic E-state index is -1.01. The molecule has 0 aliphatic rings. The van der Waals surface area contributed by atoms with E-state index < -0.39 is 17.7 Å². The number of rotatable bonds is 7. The molecule has 0 saturated heterocycles. The van der Waals surface area contributed by atoms with Crippen molar-refractivity contribution in [2.75, 3.05) is 13.1 Å². The van der Waals surface area contributed by atoms with Gasteiger partial charge in [0.05, 0.1) is 18.3 Å². The minimum Gasteiger partial charge on any atom is -0.387 e. The van der Waals surface area contributed by atoms with Gasteiger partial charge in [-0.1, -0.05) is 18.2 Å². The van der Waals surface area contributed by atoms with Crippen molar-refractivity contribution in [1.29, 1.82) is 0 Å². The molecule has 0 aliphatic heterocycles. The van der Waals surface area contributed by atoms with Gasteiger partial charge in [0.2, 0.25) is 0 Å². The zero-order valence-corrected chi connectivity index (χ0v) is 16.4. The summed E-state index contributed by atoms with van der Waals surface area (Å²) in [6.45, 7) is 4.54. The molecule has 1 aromatic carbocycles. The number of pyridine rings is 1. The van der Waals surface area contributed by atoms with E-state index in [0.29, 0.717) is 19.0 Å². The molecule has 5 nitrogen and oxygen atoms in total. The topological polar surface area (TPSA) is 69.5 Å². The summed E-state index contributed by atoms with van der Waals surface area (Å²) in [5.74, 6) is -1.49. The third kappa shape index (κ3) is 7.04. The number of nitrogens with zero attached hydrogens (tertiary/aromatic N) is 2. The van der Waals surface area contributed by atoms with Crippen molar-refractivity contribution in [1.82, 2.24) is 15.6 Å². The number of benzene rings is 1. The summed E-state index contributed by atoms with van der Waals surface area (Å²) in [5, 5.41) is 16.1. The van der Waals surface area contributed by atoms with E-state index >= 15 is 0 Å². The van der Waals surface area contributed by atoms with Gasteiger partial charge in [-0.05, 0) is 29.8 Å². The minimum absolute atomic E-state index is 0. The van der Waals surface area contributed by atoms with Gasteiger partial charge in [-0.15, -0.1) is 30.6 Å². The van der Waals surface area contributed by atoms with E-state index in [1.165, 1.54) is 6.07 Å². The molecule has 1 aromatic heterocycles. The molecule has 0 spiro atoms. The van der Waals surface area contributed by atoms with Crippen LogP contribution in [0.5, 0.6) is 0 Å². The van der Waals surface area contributed by atoms with E-state index in [9.17, 15) is 13.9 Å². The first-order valence-electron chi connectivity index (χ1n) is 7.76. The van der Waals surface area contributed by atoms with Crippen molar-refractivity contribution in [2.45, 2.75) is 12.6 Å². The molecule has 1 unspecified atom stereocenters. The van der Waals surface area contributed by atoms with Gasteiger partial charge < -0.3 is 15.7 Å². The Balaban J connectivity index is 0.00000338. The second-order valence-electron chi connectivity index (χ2n) is 5.23. The summed E-state index contributed by atoms with van der Waals surface area (Å²) >= 11 is 0. The van der Waals surface area contributed by atoms with Gasteiger partial charge in [0.25, 0.3) is 0 Å². The maximum Gasteiger partial charge on any atom is 0.192 e. The van der Waals surface area contributed by atoms with Crippen LogP contribution in [0.1, 0.15) is 17.4 Å². The first-order valence-corrected chi connectivity index (χ1v) is 7.76. The lowest BCUT2D eigenvalue weighted by atomic mass is 10.1. The number of halogens is 3. The second kappa shape index (κ2) is 11.5. The highest BCUT2D eigenvalue weighted by molar-refractivity contribution is 14.0. The Hall–Kier alpha value is -2.07.